The van der Waals surface area contributed by atoms with E-state index in [4.69, 9.17) is 27.6 Å². The number of rotatable bonds is 5. The third-order valence-corrected chi connectivity index (χ3v) is 5.25. The normalized spacial score (nSPS) is 11.4. The number of nitrogens with zero attached hydrogens (tertiary/aromatic N) is 2. The molecule has 0 atom stereocenters. The molecule has 3 aromatic rings. The highest BCUT2D eigenvalue weighted by Crippen LogP contribution is 2.22. The van der Waals surface area contributed by atoms with Gasteiger partial charge in [0.25, 0.3) is 5.91 Å². The maximum atomic E-state index is 12.2. The summed E-state index contributed by atoms with van der Waals surface area (Å²) in [6, 6.07) is 10.7. The van der Waals surface area contributed by atoms with Crippen LogP contribution in [-0.2, 0) is 16.3 Å². The van der Waals surface area contributed by atoms with Gasteiger partial charge < -0.3 is 4.42 Å². The lowest BCUT2D eigenvalue weighted by atomic mass is 10.1. The number of amides is 1. The summed E-state index contributed by atoms with van der Waals surface area (Å²) in [7, 11) is -3.25. The maximum absolute atomic E-state index is 12.2. The predicted octanol–water partition coefficient (Wildman–Crippen LogP) is 3.62. The first-order valence-corrected chi connectivity index (χ1v) is 10.2. The summed E-state index contributed by atoms with van der Waals surface area (Å²) in [5, 5.41) is 10.7. The quantitative estimate of drug-likeness (QED) is 0.669. The standard InChI is InChI=1S/C17H13Cl2N3O4S/c1-27(24,25)12-5-2-10(3-6-12)8-15-21-22-17(26-15)20-16(23)13-7-4-11(18)9-14(13)19/h2-7,9H,8H2,1H3,(H,20,22,23). The van der Waals surface area contributed by atoms with Crippen LogP contribution in [0.4, 0.5) is 6.01 Å². The molecule has 0 bridgehead atoms. The van der Waals surface area contributed by atoms with Crippen LogP contribution < -0.4 is 5.32 Å². The fourth-order valence-electron chi connectivity index (χ4n) is 2.24. The summed E-state index contributed by atoms with van der Waals surface area (Å²) in [6.45, 7) is 0. The minimum absolute atomic E-state index is 0.0752. The van der Waals surface area contributed by atoms with Gasteiger partial charge >= 0.3 is 6.01 Å². The monoisotopic (exact) mass is 425 g/mol. The summed E-state index contributed by atoms with van der Waals surface area (Å²) in [5.74, 6) is -0.246. The molecular weight excluding hydrogens is 413 g/mol. The van der Waals surface area contributed by atoms with E-state index in [9.17, 15) is 13.2 Å². The summed E-state index contributed by atoms with van der Waals surface area (Å²) < 4.78 is 28.3. The number of anilines is 1. The summed E-state index contributed by atoms with van der Waals surface area (Å²) in [5.41, 5.74) is 1.00. The molecule has 7 nitrogen and oxygen atoms in total. The fourth-order valence-corrected chi connectivity index (χ4v) is 3.37. The van der Waals surface area contributed by atoms with Crippen molar-refractivity contribution in [2.24, 2.45) is 0 Å². The molecule has 1 heterocycles. The third kappa shape index (κ3) is 4.85. The van der Waals surface area contributed by atoms with Crippen molar-refractivity contribution in [1.82, 2.24) is 10.2 Å². The first-order chi connectivity index (χ1) is 12.7. The lowest BCUT2D eigenvalue weighted by molar-refractivity contribution is 0.102. The first kappa shape index (κ1) is 19.3. The van der Waals surface area contributed by atoms with Gasteiger partial charge in [-0.15, -0.1) is 5.10 Å². The van der Waals surface area contributed by atoms with E-state index in [-0.39, 0.29) is 33.8 Å². The molecule has 0 radical (unpaired) electrons. The smallest absolute Gasteiger partial charge is 0.322 e. The van der Waals surface area contributed by atoms with E-state index in [1.54, 1.807) is 18.2 Å². The second kappa shape index (κ2) is 7.67. The van der Waals surface area contributed by atoms with E-state index >= 15 is 0 Å². The topological polar surface area (TPSA) is 102 Å². The zero-order valence-electron chi connectivity index (χ0n) is 13.9. The van der Waals surface area contributed by atoms with Crippen LogP contribution in [0.5, 0.6) is 0 Å². The largest absolute Gasteiger partial charge is 0.407 e. The summed E-state index contributed by atoms with van der Waals surface area (Å²) in [6.07, 6.45) is 1.43. The van der Waals surface area contributed by atoms with Crippen LogP contribution in [-0.4, -0.2) is 30.8 Å². The van der Waals surface area contributed by atoms with Gasteiger partial charge in [-0.25, -0.2) is 8.42 Å². The van der Waals surface area contributed by atoms with Gasteiger partial charge in [-0.05, 0) is 35.9 Å². The number of nitrogens with one attached hydrogen (secondary N) is 1. The molecular formula is C17H13Cl2N3O4S. The Bertz CT molecular complexity index is 1100. The van der Waals surface area contributed by atoms with Crippen molar-refractivity contribution in [3.63, 3.8) is 0 Å². The number of carbonyl (C=O) groups is 1. The van der Waals surface area contributed by atoms with E-state index < -0.39 is 15.7 Å². The van der Waals surface area contributed by atoms with Crippen LogP contribution in [0, 0.1) is 0 Å². The average molecular weight is 426 g/mol. The fraction of sp³-hybridized carbons (Fsp3) is 0.118. The zero-order valence-corrected chi connectivity index (χ0v) is 16.3. The van der Waals surface area contributed by atoms with Gasteiger partial charge in [0.15, 0.2) is 9.84 Å². The molecule has 10 heteroatoms. The molecule has 1 N–H and O–H groups in total. The van der Waals surface area contributed by atoms with Gasteiger partial charge in [-0.1, -0.05) is 40.4 Å². The molecule has 0 spiro atoms. The Hall–Kier alpha value is -2.42. The Balaban J connectivity index is 1.68. The molecule has 0 aliphatic rings. The highest BCUT2D eigenvalue weighted by molar-refractivity contribution is 7.90. The molecule has 2 aromatic carbocycles. The molecule has 0 aliphatic heterocycles. The number of benzene rings is 2. The van der Waals surface area contributed by atoms with Gasteiger partial charge in [0, 0.05) is 11.3 Å². The second-order valence-electron chi connectivity index (χ2n) is 5.67. The molecule has 0 aliphatic carbocycles. The van der Waals surface area contributed by atoms with E-state index in [0.717, 1.165) is 11.8 Å². The van der Waals surface area contributed by atoms with Crippen LogP contribution in [0.1, 0.15) is 21.8 Å². The second-order valence-corrected chi connectivity index (χ2v) is 8.53. The van der Waals surface area contributed by atoms with Crippen LogP contribution in [0.15, 0.2) is 51.8 Å². The minimum Gasteiger partial charge on any atom is -0.407 e. The Morgan fingerprint density at radius 3 is 2.44 bits per heavy atom. The molecule has 3 rings (SSSR count). The van der Waals surface area contributed by atoms with Gasteiger partial charge in [0.05, 0.1) is 21.9 Å². The molecule has 0 fully saturated rings. The molecule has 0 saturated carbocycles. The molecule has 140 valence electrons. The highest BCUT2D eigenvalue weighted by atomic mass is 35.5. The lowest BCUT2D eigenvalue weighted by Gasteiger charge is -2.03. The van der Waals surface area contributed by atoms with Crippen LogP contribution >= 0.6 is 23.2 Å². The number of halogens is 2. The Kier molecular flexibility index (Phi) is 5.50. The minimum atomic E-state index is -3.25. The predicted molar refractivity (Wildman–Crippen MR) is 101 cm³/mol. The van der Waals surface area contributed by atoms with Crippen LogP contribution in [0.25, 0.3) is 0 Å². The van der Waals surface area contributed by atoms with Crippen LogP contribution in [0.2, 0.25) is 10.0 Å². The maximum Gasteiger partial charge on any atom is 0.322 e. The van der Waals surface area contributed by atoms with Crippen molar-refractivity contribution < 1.29 is 17.6 Å². The first-order valence-electron chi connectivity index (χ1n) is 7.60. The Morgan fingerprint density at radius 2 is 1.81 bits per heavy atom. The van der Waals surface area contributed by atoms with Crippen molar-refractivity contribution in [1.29, 1.82) is 0 Å². The summed E-state index contributed by atoms with van der Waals surface area (Å²) >= 11 is 11.8. The molecule has 1 amide bonds. The van der Waals surface area contributed by atoms with E-state index in [2.05, 4.69) is 15.5 Å². The van der Waals surface area contributed by atoms with Crippen LogP contribution in [0.3, 0.4) is 0 Å². The zero-order chi connectivity index (χ0) is 19.6. The van der Waals surface area contributed by atoms with E-state index in [0.29, 0.717) is 5.02 Å². The SMILES string of the molecule is CS(=O)(=O)c1ccc(Cc2nnc(NC(=O)c3ccc(Cl)cc3Cl)o2)cc1. The number of sulfone groups is 1. The molecule has 1 aromatic heterocycles. The van der Waals surface area contributed by atoms with Gasteiger partial charge in [0.1, 0.15) is 0 Å². The van der Waals surface area contributed by atoms with Crippen molar-refractivity contribution in [2.45, 2.75) is 11.3 Å². The van der Waals surface area contributed by atoms with Crippen molar-refractivity contribution in [3.8, 4) is 0 Å². The molecule has 27 heavy (non-hydrogen) atoms. The number of carbonyl (C=O) groups excluding carboxylic acids is 1. The van der Waals surface area contributed by atoms with E-state index in [1.165, 1.54) is 24.3 Å². The number of hydrogen-bond acceptors (Lipinski definition) is 6. The van der Waals surface area contributed by atoms with Gasteiger partial charge in [0.2, 0.25) is 5.89 Å². The molecule has 0 saturated heterocycles. The summed E-state index contributed by atoms with van der Waals surface area (Å²) in [4.78, 5) is 12.4. The van der Waals surface area contributed by atoms with Crippen molar-refractivity contribution >= 4 is 45.0 Å². The van der Waals surface area contributed by atoms with Gasteiger partial charge in [-0.3, -0.25) is 10.1 Å². The number of aromatic nitrogens is 2. The Labute approximate surface area is 165 Å². The number of hydrogen-bond donors (Lipinski definition) is 1. The third-order valence-electron chi connectivity index (χ3n) is 3.57. The highest BCUT2D eigenvalue weighted by Gasteiger charge is 2.15. The lowest BCUT2D eigenvalue weighted by Crippen LogP contribution is -2.12. The van der Waals surface area contributed by atoms with Crippen molar-refractivity contribution in [2.75, 3.05) is 11.6 Å². The van der Waals surface area contributed by atoms with Crippen molar-refractivity contribution in [3.05, 3.63) is 69.5 Å². The molecule has 0 unspecified atom stereocenters. The Morgan fingerprint density at radius 1 is 1.11 bits per heavy atom. The van der Waals surface area contributed by atoms with E-state index in [1.807, 2.05) is 0 Å². The van der Waals surface area contributed by atoms with Gasteiger partial charge in [-0.2, -0.15) is 0 Å². The average Bonchev–Trinajstić information content (AvgIpc) is 3.01.